The normalized spacial score (nSPS) is 16.0. The monoisotopic (exact) mass is 305 g/mol. The fraction of sp³-hybridized carbons (Fsp3) is 0.278. The molecule has 0 N–H and O–H groups in total. The van der Waals surface area contributed by atoms with Gasteiger partial charge >= 0.3 is 0 Å². The Morgan fingerprint density at radius 2 is 1.87 bits per heavy atom. The lowest BCUT2D eigenvalue weighted by molar-refractivity contribution is 0.312. The number of pyridine rings is 1. The Morgan fingerprint density at radius 1 is 1.00 bits per heavy atom. The Morgan fingerprint density at radius 3 is 2.74 bits per heavy atom. The fourth-order valence-corrected chi connectivity index (χ4v) is 3.04. The second-order valence-electron chi connectivity index (χ2n) is 5.96. The van der Waals surface area contributed by atoms with Crippen LogP contribution in [0.2, 0.25) is 0 Å². The second-order valence-corrected chi connectivity index (χ2v) is 5.96. The van der Waals surface area contributed by atoms with Crippen LogP contribution in [0, 0.1) is 0 Å². The van der Waals surface area contributed by atoms with E-state index < -0.39 is 0 Å². The lowest BCUT2D eigenvalue weighted by atomic mass is 10.0. The molecule has 0 amide bonds. The van der Waals surface area contributed by atoms with Crippen molar-refractivity contribution in [2.24, 2.45) is 0 Å². The first-order valence-corrected chi connectivity index (χ1v) is 7.90. The largest absolute Gasteiger partial charge is 0.354 e. The summed E-state index contributed by atoms with van der Waals surface area (Å²) in [5, 5.41) is 1.05. The molecular formula is C18H19N5. The number of nitrogens with zero attached hydrogens (tertiary/aromatic N) is 5. The summed E-state index contributed by atoms with van der Waals surface area (Å²) >= 11 is 0. The van der Waals surface area contributed by atoms with Gasteiger partial charge < -0.3 is 9.80 Å². The van der Waals surface area contributed by atoms with Gasteiger partial charge in [-0.15, -0.1) is 0 Å². The van der Waals surface area contributed by atoms with Crippen molar-refractivity contribution in [1.29, 1.82) is 0 Å². The van der Waals surface area contributed by atoms with Crippen LogP contribution in [-0.4, -0.2) is 53.1 Å². The molecule has 2 aromatic heterocycles. The SMILES string of the molecule is CN1CCN(c2ncccc2-c2ccc3ncncc3c2)CC1. The number of piperazine rings is 1. The van der Waals surface area contributed by atoms with E-state index in [1.54, 1.807) is 6.33 Å². The van der Waals surface area contributed by atoms with Gasteiger partial charge in [-0.25, -0.2) is 15.0 Å². The molecule has 0 radical (unpaired) electrons. The zero-order valence-electron chi connectivity index (χ0n) is 13.2. The zero-order chi connectivity index (χ0) is 15.6. The van der Waals surface area contributed by atoms with E-state index in [0.717, 1.165) is 48.5 Å². The Balaban J connectivity index is 1.75. The van der Waals surface area contributed by atoms with Crippen LogP contribution in [0.15, 0.2) is 49.1 Å². The first-order valence-electron chi connectivity index (χ1n) is 7.90. The first kappa shape index (κ1) is 14.1. The van der Waals surface area contributed by atoms with Gasteiger partial charge in [-0.3, -0.25) is 0 Å². The minimum atomic E-state index is 0.966. The van der Waals surface area contributed by atoms with Crippen LogP contribution in [0.25, 0.3) is 22.0 Å². The maximum Gasteiger partial charge on any atom is 0.136 e. The molecule has 0 atom stereocenters. The van der Waals surface area contributed by atoms with Crippen molar-refractivity contribution in [3.05, 3.63) is 49.1 Å². The molecule has 0 aliphatic carbocycles. The topological polar surface area (TPSA) is 45.2 Å². The highest BCUT2D eigenvalue weighted by Gasteiger charge is 2.18. The predicted octanol–water partition coefficient (Wildman–Crippen LogP) is 2.44. The van der Waals surface area contributed by atoms with Crippen molar-refractivity contribution < 1.29 is 0 Å². The summed E-state index contributed by atoms with van der Waals surface area (Å²) in [4.78, 5) is 17.8. The minimum absolute atomic E-state index is 0.966. The molecule has 1 fully saturated rings. The van der Waals surface area contributed by atoms with E-state index in [9.17, 15) is 0 Å². The van der Waals surface area contributed by atoms with E-state index >= 15 is 0 Å². The highest BCUT2D eigenvalue weighted by atomic mass is 15.3. The Hall–Kier alpha value is -2.53. The van der Waals surface area contributed by atoms with Gasteiger partial charge in [-0.1, -0.05) is 6.07 Å². The fourth-order valence-electron chi connectivity index (χ4n) is 3.04. The lowest BCUT2D eigenvalue weighted by Gasteiger charge is -2.34. The van der Waals surface area contributed by atoms with Gasteiger partial charge in [-0.05, 0) is 36.9 Å². The number of hydrogen-bond donors (Lipinski definition) is 0. The van der Waals surface area contributed by atoms with E-state index in [1.165, 1.54) is 5.56 Å². The molecule has 1 aliphatic rings. The lowest BCUT2D eigenvalue weighted by Crippen LogP contribution is -2.45. The van der Waals surface area contributed by atoms with E-state index in [0.29, 0.717) is 0 Å². The number of benzene rings is 1. The van der Waals surface area contributed by atoms with Gasteiger partial charge in [0.2, 0.25) is 0 Å². The molecule has 0 unspecified atom stereocenters. The van der Waals surface area contributed by atoms with Gasteiger partial charge in [0, 0.05) is 49.5 Å². The second kappa shape index (κ2) is 5.93. The minimum Gasteiger partial charge on any atom is -0.354 e. The van der Waals surface area contributed by atoms with Gasteiger partial charge in [0.1, 0.15) is 12.1 Å². The van der Waals surface area contributed by atoms with Gasteiger partial charge in [-0.2, -0.15) is 0 Å². The molecule has 5 nitrogen and oxygen atoms in total. The molecule has 1 saturated heterocycles. The van der Waals surface area contributed by atoms with Crippen LogP contribution in [-0.2, 0) is 0 Å². The van der Waals surface area contributed by atoms with Crippen molar-refractivity contribution in [2.45, 2.75) is 0 Å². The molecule has 116 valence electrons. The quantitative estimate of drug-likeness (QED) is 0.727. The Kier molecular flexibility index (Phi) is 3.63. The Bertz CT molecular complexity index is 824. The van der Waals surface area contributed by atoms with Crippen molar-refractivity contribution in [2.75, 3.05) is 38.1 Å². The Labute approximate surface area is 135 Å². The molecule has 23 heavy (non-hydrogen) atoms. The zero-order valence-corrected chi connectivity index (χ0v) is 13.2. The molecule has 5 heteroatoms. The number of likely N-dealkylation sites (N-methyl/N-ethyl adjacent to an activating group) is 1. The summed E-state index contributed by atoms with van der Waals surface area (Å²) in [5.74, 6) is 1.07. The smallest absolute Gasteiger partial charge is 0.136 e. The molecule has 0 saturated carbocycles. The highest BCUT2D eigenvalue weighted by Crippen LogP contribution is 2.30. The molecule has 1 aliphatic heterocycles. The summed E-state index contributed by atoms with van der Waals surface area (Å²) in [5.41, 5.74) is 3.30. The average Bonchev–Trinajstić information content (AvgIpc) is 2.62. The maximum absolute atomic E-state index is 4.66. The molecule has 3 heterocycles. The van der Waals surface area contributed by atoms with Crippen LogP contribution < -0.4 is 4.90 Å². The van der Waals surface area contributed by atoms with Crippen molar-refractivity contribution in [1.82, 2.24) is 19.9 Å². The summed E-state index contributed by atoms with van der Waals surface area (Å²) in [6.07, 6.45) is 5.32. The average molecular weight is 305 g/mol. The molecule has 0 bridgehead atoms. The van der Waals surface area contributed by atoms with E-state index in [-0.39, 0.29) is 0 Å². The van der Waals surface area contributed by atoms with Crippen LogP contribution in [0.4, 0.5) is 5.82 Å². The third-order valence-electron chi connectivity index (χ3n) is 4.41. The molecule has 3 aromatic rings. The van der Waals surface area contributed by atoms with Gasteiger partial charge in [0.25, 0.3) is 0 Å². The number of hydrogen-bond acceptors (Lipinski definition) is 5. The molecular weight excluding hydrogens is 286 g/mol. The van der Waals surface area contributed by atoms with E-state index in [1.807, 2.05) is 24.5 Å². The molecule has 1 aromatic carbocycles. The summed E-state index contributed by atoms with van der Waals surface area (Å²) in [7, 11) is 2.17. The highest BCUT2D eigenvalue weighted by molar-refractivity contribution is 5.86. The molecule has 0 spiro atoms. The molecule has 4 rings (SSSR count). The van der Waals surface area contributed by atoms with Crippen LogP contribution in [0.3, 0.4) is 0 Å². The van der Waals surface area contributed by atoms with Crippen molar-refractivity contribution in [3.8, 4) is 11.1 Å². The maximum atomic E-state index is 4.66. The van der Waals surface area contributed by atoms with Crippen molar-refractivity contribution in [3.63, 3.8) is 0 Å². The summed E-state index contributed by atoms with van der Waals surface area (Å²) in [6.45, 7) is 4.16. The predicted molar refractivity (Wildman–Crippen MR) is 92.5 cm³/mol. The first-order chi connectivity index (χ1) is 11.3. The standard InChI is InChI=1S/C18H19N5/c1-22-7-9-23(10-8-22)18-16(3-2-6-20-18)14-4-5-17-15(11-14)12-19-13-21-17/h2-6,11-13H,7-10H2,1H3. The van der Waals surface area contributed by atoms with Crippen molar-refractivity contribution >= 4 is 16.7 Å². The number of rotatable bonds is 2. The van der Waals surface area contributed by atoms with Crippen LogP contribution in [0.1, 0.15) is 0 Å². The third kappa shape index (κ3) is 2.75. The number of fused-ring (bicyclic) bond motifs is 1. The summed E-state index contributed by atoms with van der Waals surface area (Å²) in [6, 6.07) is 10.5. The van der Waals surface area contributed by atoms with Crippen LogP contribution in [0.5, 0.6) is 0 Å². The summed E-state index contributed by atoms with van der Waals surface area (Å²) < 4.78 is 0. The van der Waals surface area contributed by atoms with E-state index in [4.69, 9.17) is 0 Å². The van der Waals surface area contributed by atoms with Gasteiger partial charge in [0.15, 0.2) is 0 Å². The van der Waals surface area contributed by atoms with Crippen LogP contribution >= 0.6 is 0 Å². The number of aromatic nitrogens is 3. The van der Waals surface area contributed by atoms with Gasteiger partial charge in [0.05, 0.1) is 5.52 Å². The number of anilines is 1. The third-order valence-corrected chi connectivity index (χ3v) is 4.41. The van der Waals surface area contributed by atoms with E-state index in [2.05, 4.69) is 50.0 Å².